The molecule has 17 heavy (non-hydrogen) atoms. The molecule has 3 nitrogen and oxygen atoms in total. The highest BCUT2D eigenvalue weighted by Crippen LogP contribution is 2.19. The van der Waals surface area contributed by atoms with E-state index in [0.717, 1.165) is 24.0 Å². The van der Waals surface area contributed by atoms with Crippen molar-refractivity contribution in [3.05, 3.63) is 35.4 Å². The molecule has 1 heterocycles. The van der Waals surface area contributed by atoms with E-state index in [0.29, 0.717) is 13.1 Å². The highest BCUT2D eigenvalue weighted by Gasteiger charge is 2.23. The van der Waals surface area contributed by atoms with E-state index in [1.165, 1.54) is 0 Å². The van der Waals surface area contributed by atoms with Gasteiger partial charge in [0.25, 0.3) is 5.91 Å². The van der Waals surface area contributed by atoms with Gasteiger partial charge in [0, 0.05) is 12.1 Å². The number of nitrogens with zero attached hydrogens (tertiary/aromatic N) is 2. The van der Waals surface area contributed by atoms with E-state index in [4.69, 9.17) is 16.9 Å². The first-order valence-corrected chi connectivity index (χ1v) is 6.07. The third-order valence-corrected chi connectivity index (χ3v) is 3.17. The van der Waals surface area contributed by atoms with E-state index >= 15 is 0 Å². The number of amides is 1. The number of carbonyl (C=O) groups excluding carboxylic acids is 1. The van der Waals surface area contributed by atoms with Crippen LogP contribution in [-0.4, -0.2) is 29.3 Å². The van der Waals surface area contributed by atoms with Crippen molar-refractivity contribution >= 4 is 17.5 Å². The van der Waals surface area contributed by atoms with Gasteiger partial charge in [-0.15, -0.1) is 11.6 Å². The van der Waals surface area contributed by atoms with E-state index in [1.54, 1.807) is 4.90 Å². The highest BCUT2D eigenvalue weighted by atomic mass is 35.5. The molecule has 1 aliphatic heterocycles. The van der Waals surface area contributed by atoms with Gasteiger partial charge in [-0.05, 0) is 24.5 Å². The van der Waals surface area contributed by atoms with Crippen LogP contribution in [0.25, 0.3) is 0 Å². The van der Waals surface area contributed by atoms with Gasteiger partial charge < -0.3 is 4.90 Å². The topological polar surface area (TPSA) is 44.1 Å². The van der Waals surface area contributed by atoms with Crippen LogP contribution in [0.4, 0.5) is 0 Å². The van der Waals surface area contributed by atoms with Crippen molar-refractivity contribution in [2.45, 2.75) is 18.2 Å². The molecule has 0 radical (unpaired) electrons. The average Bonchev–Trinajstić information content (AvgIpc) is 2.51. The Hall–Kier alpha value is -1.53. The van der Waals surface area contributed by atoms with Gasteiger partial charge in [-0.3, -0.25) is 4.79 Å². The van der Waals surface area contributed by atoms with Crippen molar-refractivity contribution in [2.75, 3.05) is 13.1 Å². The van der Waals surface area contributed by atoms with E-state index in [2.05, 4.69) is 0 Å². The Kier molecular flexibility index (Phi) is 3.65. The maximum Gasteiger partial charge on any atom is 0.254 e. The SMILES string of the molecule is N#CC(Cl)CN1CCCc2ccccc2C1=O. The summed E-state index contributed by atoms with van der Waals surface area (Å²) in [6.07, 6.45) is 1.82. The average molecular weight is 249 g/mol. The smallest absolute Gasteiger partial charge is 0.254 e. The number of halogens is 1. The molecular formula is C13H13ClN2O. The second-order valence-corrected chi connectivity index (χ2v) is 4.64. The predicted octanol–water partition coefficient (Wildman–Crippen LogP) is 2.21. The Bertz CT molecular complexity index is 467. The summed E-state index contributed by atoms with van der Waals surface area (Å²) in [5.41, 5.74) is 1.83. The summed E-state index contributed by atoms with van der Waals surface area (Å²) < 4.78 is 0. The first-order chi connectivity index (χ1) is 8.22. The Morgan fingerprint density at radius 1 is 1.47 bits per heavy atom. The molecule has 1 atom stereocenters. The standard InChI is InChI=1S/C13H13ClN2O/c14-11(8-15)9-16-7-3-5-10-4-1-2-6-12(10)13(16)17/h1-2,4,6,11H,3,5,7,9H2. The predicted molar refractivity (Wildman–Crippen MR) is 65.9 cm³/mol. The third kappa shape index (κ3) is 2.59. The van der Waals surface area contributed by atoms with Gasteiger partial charge in [0.15, 0.2) is 0 Å². The molecule has 0 spiro atoms. The maximum absolute atomic E-state index is 12.2. The monoisotopic (exact) mass is 248 g/mol. The second-order valence-electron chi connectivity index (χ2n) is 4.11. The molecule has 1 aromatic rings. The Balaban J connectivity index is 2.24. The minimum atomic E-state index is -0.635. The molecule has 0 aromatic heterocycles. The summed E-state index contributed by atoms with van der Waals surface area (Å²) in [5, 5.41) is 8.06. The van der Waals surface area contributed by atoms with Crippen molar-refractivity contribution in [1.82, 2.24) is 4.90 Å². The largest absolute Gasteiger partial charge is 0.336 e. The van der Waals surface area contributed by atoms with Crippen LogP contribution in [0, 0.1) is 11.3 Å². The summed E-state index contributed by atoms with van der Waals surface area (Å²) in [5.74, 6) is -0.0148. The van der Waals surface area contributed by atoms with Crippen molar-refractivity contribution in [3.8, 4) is 6.07 Å². The van der Waals surface area contributed by atoms with Crippen LogP contribution in [-0.2, 0) is 6.42 Å². The van der Waals surface area contributed by atoms with Crippen LogP contribution in [0.3, 0.4) is 0 Å². The summed E-state index contributed by atoms with van der Waals surface area (Å²) in [4.78, 5) is 13.9. The van der Waals surface area contributed by atoms with E-state index < -0.39 is 5.38 Å². The fraction of sp³-hybridized carbons (Fsp3) is 0.385. The zero-order chi connectivity index (χ0) is 12.3. The zero-order valence-electron chi connectivity index (χ0n) is 9.40. The number of rotatable bonds is 2. The highest BCUT2D eigenvalue weighted by molar-refractivity contribution is 6.22. The number of hydrogen-bond acceptors (Lipinski definition) is 2. The molecule has 0 aliphatic carbocycles. The zero-order valence-corrected chi connectivity index (χ0v) is 10.2. The molecule has 1 unspecified atom stereocenters. The summed E-state index contributed by atoms with van der Waals surface area (Å²) >= 11 is 5.79. The summed E-state index contributed by atoms with van der Waals surface area (Å²) in [6.45, 7) is 0.962. The fourth-order valence-electron chi connectivity index (χ4n) is 2.09. The van der Waals surface area contributed by atoms with Crippen LogP contribution >= 0.6 is 11.6 Å². The first-order valence-electron chi connectivity index (χ1n) is 5.63. The molecule has 1 aromatic carbocycles. The number of aryl methyl sites for hydroxylation is 1. The number of alkyl halides is 1. The van der Waals surface area contributed by atoms with Crippen molar-refractivity contribution < 1.29 is 4.79 Å². The summed E-state index contributed by atoms with van der Waals surface area (Å²) in [6, 6.07) is 9.58. The van der Waals surface area contributed by atoms with Gasteiger partial charge in [-0.25, -0.2) is 0 Å². The van der Waals surface area contributed by atoms with Gasteiger partial charge in [-0.1, -0.05) is 18.2 Å². The van der Waals surface area contributed by atoms with Crippen LogP contribution in [0.2, 0.25) is 0 Å². The molecule has 2 rings (SSSR count). The van der Waals surface area contributed by atoms with Crippen LogP contribution in [0.1, 0.15) is 22.3 Å². The van der Waals surface area contributed by atoms with Gasteiger partial charge in [0.05, 0.1) is 12.6 Å². The molecule has 88 valence electrons. The Labute approximate surface area is 106 Å². The number of carbonyl (C=O) groups is 1. The number of nitriles is 1. The van der Waals surface area contributed by atoms with Gasteiger partial charge >= 0.3 is 0 Å². The minimum Gasteiger partial charge on any atom is -0.336 e. The van der Waals surface area contributed by atoms with E-state index in [1.807, 2.05) is 30.3 Å². The minimum absolute atomic E-state index is 0.0148. The molecule has 0 bridgehead atoms. The lowest BCUT2D eigenvalue weighted by Crippen LogP contribution is -2.35. The van der Waals surface area contributed by atoms with Crippen LogP contribution < -0.4 is 0 Å². The molecule has 1 aliphatic rings. The Morgan fingerprint density at radius 2 is 2.24 bits per heavy atom. The number of fused-ring (bicyclic) bond motifs is 1. The quantitative estimate of drug-likeness (QED) is 0.754. The third-order valence-electron chi connectivity index (χ3n) is 2.93. The second kappa shape index (κ2) is 5.20. The maximum atomic E-state index is 12.2. The molecular weight excluding hydrogens is 236 g/mol. The van der Waals surface area contributed by atoms with Crippen molar-refractivity contribution in [1.29, 1.82) is 5.26 Å². The fourth-order valence-corrected chi connectivity index (χ4v) is 2.25. The lowest BCUT2D eigenvalue weighted by atomic mass is 10.0. The van der Waals surface area contributed by atoms with Gasteiger partial charge in [0.1, 0.15) is 5.38 Å². The Morgan fingerprint density at radius 3 is 3.00 bits per heavy atom. The lowest BCUT2D eigenvalue weighted by Gasteiger charge is -2.21. The molecule has 0 saturated carbocycles. The lowest BCUT2D eigenvalue weighted by molar-refractivity contribution is 0.0765. The molecule has 4 heteroatoms. The van der Waals surface area contributed by atoms with Gasteiger partial charge in [-0.2, -0.15) is 5.26 Å². The van der Waals surface area contributed by atoms with E-state index in [-0.39, 0.29) is 5.91 Å². The molecule has 0 fully saturated rings. The van der Waals surface area contributed by atoms with Crippen LogP contribution in [0.15, 0.2) is 24.3 Å². The van der Waals surface area contributed by atoms with Crippen LogP contribution in [0.5, 0.6) is 0 Å². The normalized spacial score (nSPS) is 16.9. The van der Waals surface area contributed by atoms with Crippen molar-refractivity contribution in [2.24, 2.45) is 0 Å². The van der Waals surface area contributed by atoms with Gasteiger partial charge in [0.2, 0.25) is 0 Å². The number of hydrogen-bond donors (Lipinski definition) is 0. The first kappa shape index (κ1) is 11.9. The van der Waals surface area contributed by atoms with E-state index in [9.17, 15) is 4.79 Å². The molecule has 0 N–H and O–H groups in total. The molecule has 0 saturated heterocycles. The molecule has 1 amide bonds. The van der Waals surface area contributed by atoms with Crippen molar-refractivity contribution in [3.63, 3.8) is 0 Å². The number of benzene rings is 1. The summed E-state index contributed by atoms with van der Waals surface area (Å²) in [7, 11) is 0.